The Morgan fingerprint density at radius 2 is 1.93 bits per heavy atom. The molecule has 0 saturated heterocycles. The highest BCUT2D eigenvalue weighted by Gasteiger charge is 2.14. The van der Waals surface area contributed by atoms with E-state index in [1.165, 1.54) is 5.57 Å². The van der Waals surface area contributed by atoms with Crippen molar-refractivity contribution in [2.45, 2.75) is 40.2 Å². The fourth-order valence-corrected chi connectivity index (χ4v) is 3.15. The Morgan fingerprint density at radius 3 is 2.66 bits per heavy atom. The first kappa shape index (κ1) is 22.8. The van der Waals surface area contributed by atoms with Crippen LogP contribution in [0.4, 0.5) is 5.69 Å². The van der Waals surface area contributed by atoms with Crippen molar-refractivity contribution < 1.29 is 9.53 Å². The highest BCUT2D eigenvalue weighted by atomic mass is 16.5. The Labute approximate surface area is 175 Å². The van der Waals surface area contributed by atoms with E-state index < -0.39 is 0 Å². The van der Waals surface area contributed by atoms with Crippen LogP contribution >= 0.6 is 0 Å². The summed E-state index contributed by atoms with van der Waals surface area (Å²) in [6.07, 6.45) is 8.98. The molecule has 158 valence electrons. The average Bonchev–Trinajstić information content (AvgIpc) is 2.95. The number of amides is 1. The summed E-state index contributed by atoms with van der Waals surface area (Å²) >= 11 is 0. The van der Waals surface area contributed by atoms with Crippen LogP contribution in [0.25, 0.3) is 0 Å². The number of nitrogens with one attached hydrogen (secondary N) is 2. The largest absolute Gasteiger partial charge is 0.489 e. The molecule has 0 unspecified atom stereocenters. The molecule has 0 radical (unpaired) electrons. The van der Waals surface area contributed by atoms with Crippen LogP contribution in [0.5, 0.6) is 5.75 Å². The lowest BCUT2D eigenvalue weighted by Gasteiger charge is -2.19. The standard InChI is InChI=1S/C24H35N3O2/c1-5-27(6-2)24(28)21-11-9-10-20(14-15-21)18-25-16-17-26-22-12-7-8-13-23(22)29-19(3)4/h7-13,15,19,25-26H,5-6,14,16-18H2,1-4H3. The number of nitrogens with zero attached hydrogens (tertiary/aromatic N) is 1. The van der Waals surface area contributed by atoms with E-state index in [9.17, 15) is 4.79 Å². The van der Waals surface area contributed by atoms with Crippen molar-refractivity contribution in [3.05, 3.63) is 59.7 Å². The summed E-state index contributed by atoms with van der Waals surface area (Å²) in [6, 6.07) is 8.02. The molecule has 0 fully saturated rings. The molecule has 1 aliphatic rings. The van der Waals surface area contributed by atoms with E-state index in [-0.39, 0.29) is 12.0 Å². The van der Waals surface area contributed by atoms with Gasteiger partial charge in [-0.2, -0.15) is 0 Å². The minimum Gasteiger partial charge on any atom is -0.489 e. The summed E-state index contributed by atoms with van der Waals surface area (Å²) < 4.78 is 5.84. The number of likely N-dealkylation sites (N-methyl/N-ethyl adjacent to an activating group) is 1. The van der Waals surface area contributed by atoms with Crippen molar-refractivity contribution in [3.63, 3.8) is 0 Å². The molecule has 29 heavy (non-hydrogen) atoms. The van der Waals surface area contributed by atoms with E-state index in [0.29, 0.717) is 0 Å². The lowest BCUT2D eigenvalue weighted by molar-refractivity contribution is -0.126. The lowest BCUT2D eigenvalue weighted by atomic mass is 10.1. The predicted molar refractivity (Wildman–Crippen MR) is 121 cm³/mol. The van der Waals surface area contributed by atoms with Gasteiger partial charge < -0.3 is 20.3 Å². The van der Waals surface area contributed by atoms with Gasteiger partial charge in [0.25, 0.3) is 5.91 Å². The van der Waals surface area contributed by atoms with E-state index in [2.05, 4.69) is 16.7 Å². The first-order valence-electron chi connectivity index (χ1n) is 10.6. The summed E-state index contributed by atoms with van der Waals surface area (Å²) in [5.41, 5.74) is 3.07. The molecule has 1 aromatic rings. The minimum absolute atomic E-state index is 0.111. The number of carbonyl (C=O) groups excluding carboxylic acids is 1. The van der Waals surface area contributed by atoms with Gasteiger partial charge >= 0.3 is 0 Å². The van der Waals surface area contributed by atoms with Gasteiger partial charge in [0.1, 0.15) is 5.75 Å². The predicted octanol–water partition coefficient (Wildman–Crippen LogP) is 4.16. The number of anilines is 1. The van der Waals surface area contributed by atoms with Crippen molar-refractivity contribution in [1.82, 2.24) is 10.2 Å². The molecule has 2 N–H and O–H groups in total. The van der Waals surface area contributed by atoms with Crippen molar-refractivity contribution in [3.8, 4) is 5.75 Å². The second-order valence-electron chi connectivity index (χ2n) is 7.29. The monoisotopic (exact) mass is 397 g/mol. The van der Waals surface area contributed by atoms with Crippen LogP contribution in [0.3, 0.4) is 0 Å². The van der Waals surface area contributed by atoms with Gasteiger partial charge in [-0.25, -0.2) is 0 Å². The van der Waals surface area contributed by atoms with Gasteiger partial charge in [-0.3, -0.25) is 4.79 Å². The van der Waals surface area contributed by atoms with Crippen molar-refractivity contribution in [2.75, 3.05) is 38.0 Å². The van der Waals surface area contributed by atoms with Gasteiger partial charge in [0, 0.05) is 38.3 Å². The van der Waals surface area contributed by atoms with Gasteiger partial charge in [0.15, 0.2) is 0 Å². The third-order valence-corrected chi connectivity index (χ3v) is 4.71. The van der Waals surface area contributed by atoms with Gasteiger partial charge in [-0.15, -0.1) is 0 Å². The molecule has 0 aromatic heterocycles. The average molecular weight is 398 g/mol. The number of carbonyl (C=O) groups is 1. The van der Waals surface area contributed by atoms with E-state index in [1.807, 2.05) is 75.1 Å². The molecular formula is C24H35N3O2. The molecule has 1 aromatic carbocycles. The van der Waals surface area contributed by atoms with Gasteiger partial charge in [-0.05, 0) is 52.3 Å². The Morgan fingerprint density at radius 1 is 1.17 bits per heavy atom. The Kier molecular flexibility index (Phi) is 9.51. The highest BCUT2D eigenvalue weighted by molar-refractivity contribution is 5.96. The minimum atomic E-state index is 0.111. The highest BCUT2D eigenvalue weighted by Crippen LogP contribution is 2.24. The van der Waals surface area contributed by atoms with E-state index in [1.54, 1.807) is 0 Å². The third kappa shape index (κ3) is 7.42. The zero-order valence-electron chi connectivity index (χ0n) is 18.2. The van der Waals surface area contributed by atoms with Crippen molar-refractivity contribution >= 4 is 11.6 Å². The molecule has 5 heteroatoms. The lowest BCUT2D eigenvalue weighted by Crippen LogP contribution is -2.31. The second-order valence-corrected chi connectivity index (χ2v) is 7.29. The molecule has 0 saturated carbocycles. The van der Waals surface area contributed by atoms with Gasteiger partial charge in [0.2, 0.25) is 0 Å². The van der Waals surface area contributed by atoms with Crippen molar-refractivity contribution in [1.29, 1.82) is 0 Å². The van der Waals surface area contributed by atoms with Crippen molar-refractivity contribution in [2.24, 2.45) is 0 Å². The molecule has 0 bridgehead atoms. The molecule has 0 heterocycles. The van der Waals surface area contributed by atoms with E-state index in [0.717, 1.165) is 56.2 Å². The quantitative estimate of drug-likeness (QED) is 0.551. The van der Waals surface area contributed by atoms with Gasteiger partial charge in [-0.1, -0.05) is 35.9 Å². The van der Waals surface area contributed by atoms with Gasteiger partial charge in [0.05, 0.1) is 11.8 Å². The van der Waals surface area contributed by atoms with Crippen LogP contribution < -0.4 is 15.4 Å². The number of hydrogen-bond donors (Lipinski definition) is 2. The maximum Gasteiger partial charge on any atom is 0.253 e. The number of ether oxygens (including phenoxy) is 1. The topological polar surface area (TPSA) is 53.6 Å². The second kappa shape index (κ2) is 12.1. The van der Waals surface area contributed by atoms with Crippen LogP contribution in [0.2, 0.25) is 0 Å². The number of para-hydroxylation sites is 2. The number of hydrogen-bond acceptors (Lipinski definition) is 4. The van der Waals surface area contributed by atoms with Crippen LogP contribution in [-0.2, 0) is 4.79 Å². The molecule has 5 nitrogen and oxygen atoms in total. The SMILES string of the molecule is CCN(CC)C(=O)C1=CCC(CNCCNc2ccccc2OC(C)C)=CC=C1. The maximum absolute atomic E-state index is 12.5. The van der Waals surface area contributed by atoms with E-state index in [4.69, 9.17) is 4.74 Å². The summed E-state index contributed by atoms with van der Waals surface area (Å²) in [5, 5.41) is 6.91. The first-order chi connectivity index (χ1) is 14.0. The van der Waals surface area contributed by atoms with Crippen LogP contribution in [0, 0.1) is 0 Å². The molecule has 1 amide bonds. The summed E-state index contributed by atoms with van der Waals surface area (Å²) in [5.74, 6) is 0.995. The van der Waals surface area contributed by atoms with Crippen LogP contribution in [0.15, 0.2) is 59.7 Å². The fourth-order valence-electron chi connectivity index (χ4n) is 3.15. The number of rotatable bonds is 11. The number of benzene rings is 1. The first-order valence-corrected chi connectivity index (χ1v) is 10.6. The van der Waals surface area contributed by atoms with Crippen LogP contribution in [-0.4, -0.2) is 49.6 Å². The Balaban J connectivity index is 1.76. The zero-order valence-corrected chi connectivity index (χ0v) is 18.2. The number of allylic oxidation sites excluding steroid dienone is 3. The summed E-state index contributed by atoms with van der Waals surface area (Å²) in [6.45, 7) is 12.0. The summed E-state index contributed by atoms with van der Waals surface area (Å²) in [4.78, 5) is 14.4. The molecule has 2 rings (SSSR count). The third-order valence-electron chi connectivity index (χ3n) is 4.71. The van der Waals surface area contributed by atoms with Crippen LogP contribution in [0.1, 0.15) is 34.1 Å². The fraction of sp³-hybridized carbons (Fsp3) is 0.458. The maximum atomic E-state index is 12.5. The molecular weight excluding hydrogens is 362 g/mol. The molecule has 0 atom stereocenters. The smallest absolute Gasteiger partial charge is 0.253 e. The zero-order chi connectivity index (χ0) is 21.1. The molecule has 0 aliphatic heterocycles. The normalized spacial score (nSPS) is 13.6. The molecule has 1 aliphatic carbocycles. The van der Waals surface area contributed by atoms with E-state index >= 15 is 0 Å². The Hall–Kier alpha value is -2.53. The molecule has 0 spiro atoms. The Bertz CT molecular complexity index is 746. The summed E-state index contributed by atoms with van der Waals surface area (Å²) in [7, 11) is 0.